The second-order valence-corrected chi connectivity index (χ2v) is 9.07. The molecule has 0 amide bonds. The maximum absolute atomic E-state index is 13.1. The minimum atomic E-state index is -0.441. The maximum Gasteiger partial charge on any atom is 0.315 e. The van der Waals surface area contributed by atoms with Crippen LogP contribution >= 0.6 is 0 Å². The van der Waals surface area contributed by atoms with Gasteiger partial charge in [-0.3, -0.25) is 9.59 Å². The lowest BCUT2D eigenvalue weighted by atomic mass is 9.79. The van der Waals surface area contributed by atoms with Crippen LogP contribution in [0.25, 0.3) is 11.1 Å². The minimum absolute atomic E-state index is 0.237. The third kappa shape index (κ3) is 7.73. The summed E-state index contributed by atoms with van der Waals surface area (Å²) in [6.45, 7) is 2.66. The van der Waals surface area contributed by atoms with Gasteiger partial charge in [0.25, 0.3) is 0 Å². The predicted molar refractivity (Wildman–Crippen MR) is 132 cm³/mol. The number of unbranched alkanes of at least 4 members (excludes halogenated alkanes) is 6. The lowest BCUT2D eigenvalue weighted by Gasteiger charge is -2.28. The van der Waals surface area contributed by atoms with Crippen LogP contribution in [0, 0.1) is 11.8 Å². The Morgan fingerprint density at radius 2 is 1.36 bits per heavy atom. The van der Waals surface area contributed by atoms with Gasteiger partial charge >= 0.3 is 11.9 Å². The van der Waals surface area contributed by atoms with E-state index in [0.29, 0.717) is 25.2 Å². The van der Waals surface area contributed by atoms with Gasteiger partial charge in [-0.05, 0) is 30.9 Å². The Bertz CT molecular complexity index is 861. The highest BCUT2D eigenvalue weighted by Crippen LogP contribution is 2.35. The Balaban J connectivity index is 1.54. The largest absolute Gasteiger partial charge is 0.465 e. The summed E-state index contributed by atoms with van der Waals surface area (Å²) in [5.74, 6) is -0.867. The first-order valence-electron chi connectivity index (χ1n) is 12.7. The van der Waals surface area contributed by atoms with Crippen molar-refractivity contribution >= 4 is 11.9 Å². The Morgan fingerprint density at radius 3 is 2.09 bits per heavy atom. The van der Waals surface area contributed by atoms with Gasteiger partial charge in [0.05, 0.1) is 18.4 Å². The number of carbonyl (C=O) groups is 2. The Hall–Kier alpha value is -2.62. The molecule has 0 radical (unpaired) electrons. The maximum atomic E-state index is 13.1. The van der Waals surface area contributed by atoms with Crippen LogP contribution in [0.2, 0.25) is 0 Å². The molecule has 0 aliphatic heterocycles. The summed E-state index contributed by atoms with van der Waals surface area (Å²) in [5, 5.41) is 0. The third-order valence-electron chi connectivity index (χ3n) is 6.55. The van der Waals surface area contributed by atoms with Gasteiger partial charge in [0.15, 0.2) is 0 Å². The number of carbonyl (C=O) groups excluding carboxylic acids is 2. The fraction of sp³-hybridized carbons (Fsp3) is 0.517. The van der Waals surface area contributed by atoms with Gasteiger partial charge in [0.1, 0.15) is 5.75 Å². The molecule has 1 aliphatic carbocycles. The van der Waals surface area contributed by atoms with Gasteiger partial charge in [-0.2, -0.15) is 0 Å². The fourth-order valence-electron chi connectivity index (χ4n) is 4.63. The molecule has 2 aromatic rings. The van der Waals surface area contributed by atoms with E-state index in [0.717, 1.165) is 36.8 Å². The van der Waals surface area contributed by atoms with Crippen molar-refractivity contribution in [3.63, 3.8) is 0 Å². The zero-order valence-corrected chi connectivity index (χ0v) is 20.0. The Kier molecular flexibility index (Phi) is 10.5. The van der Waals surface area contributed by atoms with E-state index < -0.39 is 11.8 Å². The number of hydrogen-bond donors (Lipinski definition) is 0. The fourth-order valence-corrected chi connectivity index (χ4v) is 4.63. The van der Waals surface area contributed by atoms with Crippen molar-refractivity contribution in [1.82, 2.24) is 0 Å². The number of ether oxygens (including phenoxy) is 2. The van der Waals surface area contributed by atoms with E-state index in [4.69, 9.17) is 9.47 Å². The number of para-hydroxylation sites is 1. The first-order valence-corrected chi connectivity index (χ1v) is 12.7. The average molecular weight is 451 g/mol. The normalized spacial score (nSPS) is 18.0. The van der Waals surface area contributed by atoms with E-state index in [-0.39, 0.29) is 11.9 Å². The first-order chi connectivity index (χ1) is 16.2. The highest BCUT2D eigenvalue weighted by molar-refractivity contribution is 5.85. The second kappa shape index (κ2) is 13.8. The van der Waals surface area contributed by atoms with E-state index in [9.17, 15) is 9.59 Å². The molecule has 178 valence electrons. The summed E-state index contributed by atoms with van der Waals surface area (Å²) in [6, 6.07) is 17.5. The summed E-state index contributed by atoms with van der Waals surface area (Å²) in [4.78, 5) is 25.9. The molecule has 0 aromatic heterocycles. The van der Waals surface area contributed by atoms with Crippen LogP contribution in [0.5, 0.6) is 5.75 Å². The molecule has 2 aromatic carbocycles. The minimum Gasteiger partial charge on any atom is -0.465 e. The summed E-state index contributed by atoms with van der Waals surface area (Å²) >= 11 is 0. The monoisotopic (exact) mass is 450 g/mol. The first kappa shape index (κ1) is 25.0. The standard InChI is InChI=1S/C29H38O4/c1-2-3-4-5-6-7-15-22-32-28(30)25-19-11-12-20-26(25)29(31)33-27-21-14-13-18-24(27)23-16-9-8-10-17-23/h8-10,13-14,16-18,21,25-26H,2-7,11-12,15,19-20,22H2,1H3. The van der Waals surface area contributed by atoms with Gasteiger partial charge in [-0.25, -0.2) is 0 Å². The van der Waals surface area contributed by atoms with Gasteiger partial charge < -0.3 is 9.47 Å². The van der Waals surface area contributed by atoms with Crippen molar-refractivity contribution in [2.75, 3.05) is 6.61 Å². The smallest absolute Gasteiger partial charge is 0.315 e. The van der Waals surface area contributed by atoms with Crippen LogP contribution in [0.3, 0.4) is 0 Å². The van der Waals surface area contributed by atoms with Gasteiger partial charge in [0, 0.05) is 5.56 Å². The molecule has 4 nitrogen and oxygen atoms in total. The number of esters is 2. The molecule has 1 saturated carbocycles. The molecule has 0 spiro atoms. The molecule has 0 heterocycles. The molecule has 2 unspecified atom stereocenters. The van der Waals surface area contributed by atoms with Crippen molar-refractivity contribution in [2.24, 2.45) is 11.8 Å². The lowest BCUT2D eigenvalue weighted by Crippen LogP contribution is -2.36. The summed E-state index contributed by atoms with van der Waals surface area (Å²) in [5.41, 5.74) is 1.87. The Labute approximate surface area is 198 Å². The molecule has 2 atom stereocenters. The SMILES string of the molecule is CCCCCCCCCOC(=O)C1CCCCC1C(=O)Oc1ccccc1-c1ccccc1. The zero-order chi connectivity index (χ0) is 23.3. The quantitative estimate of drug-likeness (QED) is 0.193. The summed E-state index contributed by atoms with van der Waals surface area (Å²) < 4.78 is 11.4. The highest BCUT2D eigenvalue weighted by Gasteiger charge is 2.38. The van der Waals surface area contributed by atoms with Crippen LogP contribution in [0.4, 0.5) is 0 Å². The van der Waals surface area contributed by atoms with Crippen molar-refractivity contribution < 1.29 is 19.1 Å². The molecule has 3 rings (SSSR count). The van der Waals surface area contributed by atoms with Crippen LogP contribution in [0.15, 0.2) is 54.6 Å². The van der Waals surface area contributed by atoms with Crippen molar-refractivity contribution in [2.45, 2.75) is 77.6 Å². The van der Waals surface area contributed by atoms with Crippen molar-refractivity contribution in [3.8, 4) is 16.9 Å². The molecule has 0 N–H and O–H groups in total. The van der Waals surface area contributed by atoms with Crippen LogP contribution in [-0.2, 0) is 14.3 Å². The van der Waals surface area contributed by atoms with Gasteiger partial charge in [0.2, 0.25) is 0 Å². The molecule has 0 bridgehead atoms. The molecular formula is C29H38O4. The van der Waals surface area contributed by atoms with Crippen LogP contribution < -0.4 is 4.74 Å². The van der Waals surface area contributed by atoms with E-state index in [2.05, 4.69) is 6.92 Å². The van der Waals surface area contributed by atoms with Crippen molar-refractivity contribution in [3.05, 3.63) is 54.6 Å². The third-order valence-corrected chi connectivity index (χ3v) is 6.55. The van der Waals surface area contributed by atoms with E-state index in [1.165, 1.54) is 32.1 Å². The molecular weight excluding hydrogens is 412 g/mol. The second-order valence-electron chi connectivity index (χ2n) is 9.07. The van der Waals surface area contributed by atoms with E-state index in [1.807, 2.05) is 54.6 Å². The van der Waals surface area contributed by atoms with Gasteiger partial charge in [-0.1, -0.05) is 107 Å². The number of hydrogen-bond acceptors (Lipinski definition) is 4. The number of benzene rings is 2. The van der Waals surface area contributed by atoms with Crippen molar-refractivity contribution in [1.29, 1.82) is 0 Å². The molecule has 33 heavy (non-hydrogen) atoms. The lowest BCUT2D eigenvalue weighted by molar-refractivity contribution is -0.158. The molecule has 4 heteroatoms. The summed E-state index contributed by atoms with van der Waals surface area (Å²) in [7, 11) is 0. The highest BCUT2D eigenvalue weighted by atomic mass is 16.5. The van der Waals surface area contributed by atoms with Crippen LogP contribution in [0.1, 0.15) is 77.6 Å². The molecule has 0 saturated heterocycles. The zero-order valence-electron chi connectivity index (χ0n) is 20.0. The Morgan fingerprint density at radius 1 is 0.758 bits per heavy atom. The molecule has 1 aliphatic rings. The number of rotatable bonds is 12. The van der Waals surface area contributed by atoms with E-state index >= 15 is 0 Å². The van der Waals surface area contributed by atoms with Gasteiger partial charge in [-0.15, -0.1) is 0 Å². The molecule has 1 fully saturated rings. The van der Waals surface area contributed by atoms with Crippen LogP contribution in [-0.4, -0.2) is 18.5 Å². The topological polar surface area (TPSA) is 52.6 Å². The van der Waals surface area contributed by atoms with E-state index in [1.54, 1.807) is 0 Å². The predicted octanol–water partition coefficient (Wildman–Crippen LogP) is 7.36. The average Bonchev–Trinajstić information content (AvgIpc) is 2.86. The summed E-state index contributed by atoms with van der Waals surface area (Å²) in [6.07, 6.45) is 11.5.